The van der Waals surface area contributed by atoms with Crippen LogP contribution in [0.15, 0.2) is 6.20 Å². The Morgan fingerprint density at radius 3 is 3.00 bits per heavy atom. The standard InChI is InChI=1S/C11H19N3S/c1-2-12-7-10-8-13-11(15-10)9-14-5-3-4-6-14/h8,12H,2-7,9H2,1H3. The van der Waals surface area contributed by atoms with Gasteiger partial charge in [0, 0.05) is 17.6 Å². The van der Waals surface area contributed by atoms with Gasteiger partial charge in [-0.25, -0.2) is 4.98 Å². The normalized spacial score (nSPS) is 17.4. The molecule has 4 heteroatoms. The van der Waals surface area contributed by atoms with E-state index in [4.69, 9.17) is 0 Å². The minimum absolute atomic E-state index is 0.966. The van der Waals surface area contributed by atoms with E-state index in [0.717, 1.165) is 19.6 Å². The van der Waals surface area contributed by atoms with E-state index in [1.54, 1.807) is 0 Å². The Bertz CT molecular complexity index is 292. The first kappa shape index (κ1) is 11.0. The summed E-state index contributed by atoms with van der Waals surface area (Å²) >= 11 is 1.84. The summed E-state index contributed by atoms with van der Waals surface area (Å²) in [6.45, 7) is 7.68. The topological polar surface area (TPSA) is 28.2 Å². The van der Waals surface area contributed by atoms with Gasteiger partial charge in [0.05, 0.1) is 6.54 Å². The molecule has 2 rings (SSSR count). The molecule has 1 N–H and O–H groups in total. The van der Waals surface area contributed by atoms with Crippen molar-refractivity contribution in [1.82, 2.24) is 15.2 Å². The lowest BCUT2D eigenvalue weighted by atomic mass is 10.4. The third-order valence-corrected chi connectivity index (χ3v) is 3.69. The Morgan fingerprint density at radius 1 is 1.47 bits per heavy atom. The number of nitrogens with one attached hydrogen (secondary N) is 1. The second-order valence-corrected chi connectivity index (χ2v) is 5.18. The van der Waals surface area contributed by atoms with E-state index in [1.807, 2.05) is 17.5 Å². The molecule has 0 radical (unpaired) electrons. The van der Waals surface area contributed by atoms with Crippen LogP contribution in [0.25, 0.3) is 0 Å². The van der Waals surface area contributed by atoms with Gasteiger partial charge in [0.2, 0.25) is 0 Å². The second kappa shape index (κ2) is 5.58. The SMILES string of the molecule is CCNCc1cnc(CN2CCCC2)s1. The summed E-state index contributed by atoms with van der Waals surface area (Å²) < 4.78 is 0. The smallest absolute Gasteiger partial charge is 0.107 e. The molecule has 1 aliphatic heterocycles. The first-order valence-electron chi connectivity index (χ1n) is 5.75. The molecule has 3 nitrogen and oxygen atoms in total. The predicted molar refractivity (Wildman–Crippen MR) is 64.0 cm³/mol. The summed E-state index contributed by atoms with van der Waals surface area (Å²) in [5, 5.41) is 4.60. The summed E-state index contributed by atoms with van der Waals surface area (Å²) in [6.07, 6.45) is 4.73. The third-order valence-electron chi connectivity index (χ3n) is 2.71. The maximum atomic E-state index is 4.47. The Morgan fingerprint density at radius 2 is 2.27 bits per heavy atom. The van der Waals surface area contributed by atoms with Crippen molar-refractivity contribution < 1.29 is 0 Å². The molecule has 0 aromatic carbocycles. The Balaban J connectivity index is 1.83. The van der Waals surface area contributed by atoms with Gasteiger partial charge in [-0.2, -0.15) is 0 Å². The van der Waals surface area contributed by atoms with Gasteiger partial charge in [-0.15, -0.1) is 11.3 Å². The lowest BCUT2D eigenvalue weighted by Gasteiger charge is -2.11. The fourth-order valence-electron chi connectivity index (χ4n) is 1.88. The molecular formula is C11H19N3S. The van der Waals surface area contributed by atoms with Gasteiger partial charge in [0.25, 0.3) is 0 Å². The average molecular weight is 225 g/mol. The second-order valence-electron chi connectivity index (χ2n) is 3.98. The highest BCUT2D eigenvalue weighted by Crippen LogP contribution is 2.17. The van der Waals surface area contributed by atoms with Crippen molar-refractivity contribution in [2.24, 2.45) is 0 Å². The van der Waals surface area contributed by atoms with Gasteiger partial charge in [0.1, 0.15) is 5.01 Å². The molecule has 0 spiro atoms. The summed E-state index contributed by atoms with van der Waals surface area (Å²) in [6, 6.07) is 0. The van der Waals surface area contributed by atoms with Gasteiger partial charge in [0.15, 0.2) is 0 Å². The van der Waals surface area contributed by atoms with E-state index in [-0.39, 0.29) is 0 Å². The lowest BCUT2D eigenvalue weighted by Crippen LogP contribution is -2.18. The summed E-state index contributed by atoms with van der Waals surface area (Å²) in [4.78, 5) is 8.32. The lowest BCUT2D eigenvalue weighted by molar-refractivity contribution is 0.331. The van der Waals surface area contributed by atoms with Crippen molar-refractivity contribution in [2.75, 3.05) is 19.6 Å². The number of hydrogen-bond acceptors (Lipinski definition) is 4. The van der Waals surface area contributed by atoms with Crippen LogP contribution in [-0.4, -0.2) is 29.5 Å². The summed E-state index contributed by atoms with van der Waals surface area (Å²) in [5.74, 6) is 0. The number of thiazole rings is 1. The van der Waals surface area contributed by atoms with Gasteiger partial charge < -0.3 is 5.32 Å². The van der Waals surface area contributed by atoms with Crippen molar-refractivity contribution in [1.29, 1.82) is 0 Å². The van der Waals surface area contributed by atoms with E-state index in [2.05, 4.69) is 22.1 Å². The van der Waals surface area contributed by atoms with Crippen LogP contribution in [0, 0.1) is 0 Å². The molecule has 1 saturated heterocycles. The first-order valence-corrected chi connectivity index (χ1v) is 6.57. The molecule has 0 unspecified atom stereocenters. The maximum Gasteiger partial charge on any atom is 0.107 e. The van der Waals surface area contributed by atoms with Crippen LogP contribution in [0.4, 0.5) is 0 Å². The zero-order valence-corrected chi connectivity index (χ0v) is 10.1. The molecule has 15 heavy (non-hydrogen) atoms. The Labute approximate surface area is 95.5 Å². The van der Waals surface area contributed by atoms with Gasteiger partial charge in [-0.1, -0.05) is 6.92 Å². The predicted octanol–water partition coefficient (Wildman–Crippen LogP) is 1.85. The number of likely N-dealkylation sites (tertiary alicyclic amines) is 1. The van der Waals surface area contributed by atoms with E-state index in [1.165, 1.54) is 35.8 Å². The molecule has 0 atom stereocenters. The Kier molecular flexibility index (Phi) is 4.11. The van der Waals surface area contributed by atoms with Gasteiger partial charge >= 0.3 is 0 Å². The zero-order valence-electron chi connectivity index (χ0n) is 9.33. The summed E-state index contributed by atoms with van der Waals surface area (Å²) in [5.41, 5.74) is 0. The van der Waals surface area contributed by atoms with Crippen molar-refractivity contribution in [3.63, 3.8) is 0 Å². The molecule has 1 aromatic rings. The van der Waals surface area contributed by atoms with Crippen LogP contribution in [0.1, 0.15) is 29.7 Å². The molecule has 1 aliphatic rings. The van der Waals surface area contributed by atoms with Crippen molar-refractivity contribution >= 4 is 11.3 Å². The number of aromatic nitrogens is 1. The fourth-order valence-corrected chi connectivity index (χ4v) is 2.82. The van der Waals surface area contributed by atoms with Crippen LogP contribution in [0.2, 0.25) is 0 Å². The van der Waals surface area contributed by atoms with Crippen molar-refractivity contribution in [3.05, 3.63) is 16.1 Å². The molecule has 1 aromatic heterocycles. The molecule has 0 amide bonds. The molecule has 0 saturated carbocycles. The van der Waals surface area contributed by atoms with E-state index in [9.17, 15) is 0 Å². The molecule has 1 fully saturated rings. The molecule has 84 valence electrons. The highest BCUT2D eigenvalue weighted by atomic mass is 32.1. The average Bonchev–Trinajstić information content (AvgIpc) is 2.87. The number of rotatable bonds is 5. The minimum atomic E-state index is 0.966. The van der Waals surface area contributed by atoms with Crippen molar-refractivity contribution in [3.8, 4) is 0 Å². The van der Waals surface area contributed by atoms with Gasteiger partial charge in [-0.05, 0) is 32.5 Å². The van der Waals surface area contributed by atoms with Crippen molar-refractivity contribution in [2.45, 2.75) is 32.9 Å². The molecular weight excluding hydrogens is 206 g/mol. The monoisotopic (exact) mass is 225 g/mol. The summed E-state index contributed by atoms with van der Waals surface area (Å²) in [7, 11) is 0. The minimum Gasteiger partial charge on any atom is -0.312 e. The van der Waals surface area contributed by atoms with E-state index >= 15 is 0 Å². The van der Waals surface area contributed by atoms with Crippen LogP contribution in [0.3, 0.4) is 0 Å². The third kappa shape index (κ3) is 3.26. The largest absolute Gasteiger partial charge is 0.312 e. The molecule has 0 bridgehead atoms. The fraction of sp³-hybridized carbons (Fsp3) is 0.727. The van der Waals surface area contributed by atoms with Crippen LogP contribution in [0.5, 0.6) is 0 Å². The number of nitrogens with zero attached hydrogens (tertiary/aromatic N) is 2. The highest BCUT2D eigenvalue weighted by molar-refractivity contribution is 7.11. The zero-order chi connectivity index (χ0) is 10.5. The number of hydrogen-bond donors (Lipinski definition) is 1. The molecule has 2 heterocycles. The maximum absolute atomic E-state index is 4.47. The van der Waals surface area contributed by atoms with Gasteiger partial charge in [-0.3, -0.25) is 4.90 Å². The van der Waals surface area contributed by atoms with Crippen LogP contribution >= 0.6 is 11.3 Å². The molecule has 0 aliphatic carbocycles. The van der Waals surface area contributed by atoms with Crippen LogP contribution < -0.4 is 5.32 Å². The quantitative estimate of drug-likeness (QED) is 0.829. The highest BCUT2D eigenvalue weighted by Gasteiger charge is 2.13. The van der Waals surface area contributed by atoms with Crippen LogP contribution in [-0.2, 0) is 13.1 Å². The Hall–Kier alpha value is -0.450. The van der Waals surface area contributed by atoms with E-state index < -0.39 is 0 Å². The van der Waals surface area contributed by atoms with E-state index in [0.29, 0.717) is 0 Å². The first-order chi connectivity index (χ1) is 7.38.